The Labute approximate surface area is 192 Å². The number of hydrogen-bond acceptors (Lipinski definition) is 4. The minimum absolute atomic E-state index is 0.223. The average Bonchev–Trinajstić information content (AvgIpc) is 3.36. The molecule has 4 aromatic rings. The van der Waals surface area contributed by atoms with Crippen LogP contribution in [-0.4, -0.2) is 35.9 Å². The van der Waals surface area contributed by atoms with Crippen molar-refractivity contribution < 1.29 is 22.7 Å². The summed E-state index contributed by atoms with van der Waals surface area (Å²) in [7, 11) is 1.57. The van der Waals surface area contributed by atoms with E-state index in [0.29, 0.717) is 36.4 Å². The molecule has 0 fully saturated rings. The van der Waals surface area contributed by atoms with E-state index in [0.717, 1.165) is 26.7 Å². The molecule has 2 heterocycles. The molecule has 0 aliphatic carbocycles. The summed E-state index contributed by atoms with van der Waals surface area (Å²) in [6, 6.07) is 13.2. The number of methoxy groups -OCH3 is 1. The number of aromatic nitrogens is 2. The molecule has 2 aromatic heterocycles. The number of halogens is 3. The maximum absolute atomic E-state index is 13.1. The van der Waals surface area contributed by atoms with Gasteiger partial charge >= 0.3 is 6.18 Å². The molecule has 33 heavy (non-hydrogen) atoms. The van der Waals surface area contributed by atoms with Crippen LogP contribution in [-0.2, 0) is 17.3 Å². The second kappa shape index (κ2) is 9.36. The molecule has 1 amide bonds. The molecular formula is C24H22F3N3O2S. The summed E-state index contributed by atoms with van der Waals surface area (Å²) in [5.74, 6) is -0.223. The maximum atomic E-state index is 13.1. The number of alkyl halides is 3. The summed E-state index contributed by atoms with van der Waals surface area (Å²) in [6.45, 7) is 2.59. The molecule has 0 saturated carbocycles. The van der Waals surface area contributed by atoms with Crippen LogP contribution in [0.2, 0.25) is 0 Å². The van der Waals surface area contributed by atoms with Gasteiger partial charge in [0.15, 0.2) is 0 Å². The Balaban J connectivity index is 1.63. The SMILES string of the molecule is COCCNC(=O)c1cn(-c2cccc3cc(Cc4cccc(C(F)(F)F)c4)sc23)nc1C. The highest BCUT2D eigenvalue weighted by Gasteiger charge is 2.30. The average molecular weight is 474 g/mol. The fourth-order valence-electron chi connectivity index (χ4n) is 3.60. The molecule has 0 bridgehead atoms. The van der Waals surface area contributed by atoms with Gasteiger partial charge in [0.05, 0.1) is 33.8 Å². The second-order valence-corrected chi connectivity index (χ2v) is 8.74. The number of fused-ring (bicyclic) bond motifs is 1. The lowest BCUT2D eigenvalue weighted by atomic mass is 10.1. The van der Waals surface area contributed by atoms with Crippen molar-refractivity contribution in [2.45, 2.75) is 19.5 Å². The van der Waals surface area contributed by atoms with Crippen LogP contribution in [0.15, 0.2) is 54.7 Å². The van der Waals surface area contributed by atoms with Crippen molar-refractivity contribution in [2.75, 3.05) is 20.3 Å². The second-order valence-electron chi connectivity index (χ2n) is 7.60. The maximum Gasteiger partial charge on any atom is 0.416 e. The lowest BCUT2D eigenvalue weighted by Crippen LogP contribution is -2.27. The molecule has 0 atom stereocenters. The Morgan fingerprint density at radius 1 is 1.18 bits per heavy atom. The number of nitrogens with zero attached hydrogens (tertiary/aromatic N) is 2. The largest absolute Gasteiger partial charge is 0.416 e. The first-order chi connectivity index (χ1) is 15.8. The lowest BCUT2D eigenvalue weighted by molar-refractivity contribution is -0.137. The molecule has 172 valence electrons. The Kier molecular flexibility index (Phi) is 6.53. The molecular weight excluding hydrogens is 451 g/mol. The summed E-state index contributed by atoms with van der Waals surface area (Å²) in [5.41, 5.74) is 1.84. The van der Waals surface area contributed by atoms with Crippen LogP contribution in [0.5, 0.6) is 0 Å². The third-order valence-electron chi connectivity index (χ3n) is 5.19. The highest BCUT2D eigenvalue weighted by molar-refractivity contribution is 7.19. The van der Waals surface area contributed by atoms with Crippen LogP contribution in [0, 0.1) is 6.92 Å². The highest BCUT2D eigenvalue weighted by Crippen LogP contribution is 2.34. The number of amides is 1. The zero-order chi connectivity index (χ0) is 23.6. The fraction of sp³-hybridized carbons (Fsp3) is 0.250. The van der Waals surface area contributed by atoms with Gasteiger partial charge in [0, 0.05) is 31.1 Å². The van der Waals surface area contributed by atoms with Gasteiger partial charge in [-0.25, -0.2) is 4.68 Å². The van der Waals surface area contributed by atoms with Crippen LogP contribution in [0.25, 0.3) is 15.8 Å². The number of ether oxygens (including phenoxy) is 1. The van der Waals surface area contributed by atoms with Gasteiger partial charge in [-0.1, -0.05) is 30.3 Å². The van der Waals surface area contributed by atoms with E-state index in [4.69, 9.17) is 4.74 Å². The molecule has 4 rings (SSSR count). The molecule has 2 aromatic carbocycles. The monoisotopic (exact) mass is 473 g/mol. The topological polar surface area (TPSA) is 56.1 Å². The zero-order valence-corrected chi connectivity index (χ0v) is 18.9. The van der Waals surface area contributed by atoms with Crippen molar-refractivity contribution in [2.24, 2.45) is 0 Å². The van der Waals surface area contributed by atoms with E-state index in [1.165, 1.54) is 23.5 Å². The van der Waals surface area contributed by atoms with E-state index in [9.17, 15) is 18.0 Å². The molecule has 5 nitrogen and oxygen atoms in total. The summed E-state index contributed by atoms with van der Waals surface area (Å²) >= 11 is 1.51. The fourth-order valence-corrected chi connectivity index (χ4v) is 4.79. The van der Waals surface area contributed by atoms with Crippen LogP contribution in [0.3, 0.4) is 0 Å². The zero-order valence-electron chi connectivity index (χ0n) is 18.1. The number of carbonyl (C=O) groups excluding carboxylic acids is 1. The summed E-state index contributed by atoms with van der Waals surface area (Å²) in [4.78, 5) is 13.4. The molecule has 9 heteroatoms. The molecule has 0 unspecified atom stereocenters. The van der Waals surface area contributed by atoms with E-state index in [1.807, 2.05) is 24.3 Å². The van der Waals surface area contributed by atoms with Gasteiger partial charge in [0.1, 0.15) is 0 Å². The van der Waals surface area contributed by atoms with Crippen molar-refractivity contribution >= 4 is 27.3 Å². The van der Waals surface area contributed by atoms with E-state index in [1.54, 1.807) is 31.0 Å². The van der Waals surface area contributed by atoms with Gasteiger partial charge in [-0.3, -0.25) is 4.79 Å². The number of carbonyl (C=O) groups is 1. The number of aryl methyl sites for hydroxylation is 1. The van der Waals surface area contributed by atoms with E-state index in [2.05, 4.69) is 10.4 Å². The van der Waals surface area contributed by atoms with Gasteiger partial charge in [-0.15, -0.1) is 11.3 Å². The first kappa shape index (κ1) is 23.0. The minimum atomic E-state index is -4.37. The molecule has 0 aliphatic rings. The van der Waals surface area contributed by atoms with Crippen molar-refractivity contribution in [3.8, 4) is 5.69 Å². The Morgan fingerprint density at radius 2 is 1.97 bits per heavy atom. The lowest BCUT2D eigenvalue weighted by Gasteiger charge is -2.08. The van der Waals surface area contributed by atoms with Crippen molar-refractivity contribution in [3.63, 3.8) is 0 Å². The Hall–Kier alpha value is -3.17. The number of benzene rings is 2. The first-order valence-corrected chi connectivity index (χ1v) is 11.1. The van der Waals surface area contributed by atoms with E-state index >= 15 is 0 Å². The van der Waals surface area contributed by atoms with Crippen LogP contribution in [0.1, 0.15) is 32.1 Å². The van der Waals surface area contributed by atoms with Crippen molar-refractivity contribution in [3.05, 3.63) is 82.0 Å². The number of thiophene rings is 1. The summed E-state index contributed by atoms with van der Waals surface area (Å²) in [6.07, 6.45) is -2.28. The Morgan fingerprint density at radius 3 is 2.73 bits per heavy atom. The standard InChI is InChI=1S/C24H22F3N3O2S/c1-15-20(23(31)28-9-10-32-2)14-30(29-15)21-8-4-6-17-13-19(33-22(17)21)12-16-5-3-7-18(11-16)24(25,26)27/h3-8,11,13-14H,9-10,12H2,1-2H3,(H,28,31). The predicted molar refractivity (Wildman–Crippen MR) is 122 cm³/mol. The van der Waals surface area contributed by atoms with Gasteiger partial charge in [-0.05, 0) is 36.1 Å². The first-order valence-electron chi connectivity index (χ1n) is 10.3. The van der Waals surface area contributed by atoms with Crippen LogP contribution < -0.4 is 5.32 Å². The number of hydrogen-bond donors (Lipinski definition) is 1. The molecule has 1 N–H and O–H groups in total. The smallest absolute Gasteiger partial charge is 0.383 e. The quantitative estimate of drug-likeness (QED) is 0.367. The van der Waals surface area contributed by atoms with Crippen LogP contribution >= 0.6 is 11.3 Å². The number of rotatable bonds is 7. The minimum Gasteiger partial charge on any atom is -0.383 e. The van der Waals surface area contributed by atoms with Crippen LogP contribution in [0.4, 0.5) is 13.2 Å². The normalized spacial score (nSPS) is 11.8. The highest BCUT2D eigenvalue weighted by atomic mass is 32.1. The van der Waals surface area contributed by atoms with E-state index < -0.39 is 11.7 Å². The van der Waals surface area contributed by atoms with E-state index in [-0.39, 0.29) is 5.91 Å². The van der Waals surface area contributed by atoms with Gasteiger partial charge < -0.3 is 10.1 Å². The third-order valence-corrected chi connectivity index (χ3v) is 6.36. The molecule has 0 spiro atoms. The molecule has 0 saturated heterocycles. The predicted octanol–water partition coefficient (Wildman–Crippen LogP) is 5.38. The van der Waals surface area contributed by atoms with Gasteiger partial charge in [-0.2, -0.15) is 18.3 Å². The summed E-state index contributed by atoms with van der Waals surface area (Å²) in [5, 5.41) is 8.28. The number of nitrogens with one attached hydrogen (secondary N) is 1. The summed E-state index contributed by atoms with van der Waals surface area (Å²) < 4.78 is 46.7. The van der Waals surface area contributed by atoms with Gasteiger partial charge in [0.2, 0.25) is 0 Å². The van der Waals surface area contributed by atoms with Crippen molar-refractivity contribution in [1.82, 2.24) is 15.1 Å². The molecule has 0 radical (unpaired) electrons. The Bertz CT molecular complexity index is 1290. The van der Waals surface area contributed by atoms with Crippen molar-refractivity contribution in [1.29, 1.82) is 0 Å². The molecule has 0 aliphatic heterocycles. The third kappa shape index (κ3) is 5.09. The van der Waals surface area contributed by atoms with Gasteiger partial charge in [0.25, 0.3) is 5.91 Å².